The van der Waals surface area contributed by atoms with Crippen LogP contribution in [0.15, 0.2) is 36.2 Å². The third-order valence-electron chi connectivity index (χ3n) is 5.13. The number of hydrogen-bond donors (Lipinski definition) is 1. The van der Waals surface area contributed by atoms with Crippen molar-refractivity contribution in [1.82, 2.24) is 20.0 Å². The second-order valence-electron chi connectivity index (χ2n) is 7.24. The highest BCUT2D eigenvalue weighted by Gasteiger charge is 2.33. The van der Waals surface area contributed by atoms with E-state index in [4.69, 9.17) is 21.7 Å². The van der Waals surface area contributed by atoms with E-state index in [0.29, 0.717) is 29.7 Å². The van der Waals surface area contributed by atoms with Crippen molar-refractivity contribution in [2.45, 2.75) is 25.5 Å². The SMILES string of the molecule is COc1ccc(/C=C2\NC(=S)N(CC3CCCO3)C2=O)cc1Cn1ccc([N+](=O)[O-])n1. The number of nitro groups is 1. The summed E-state index contributed by atoms with van der Waals surface area (Å²) in [7, 11) is 1.55. The van der Waals surface area contributed by atoms with E-state index in [0.717, 1.165) is 24.0 Å². The normalized spacial score (nSPS) is 19.8. The number of aromatic nitrogens is 2. The Morgan fingerprint density at radius 3 is 2.97 bits per heavy atom. The first kappa shape index (κ1) is 20.9. The smallest absolute Gasteiger partial charge is 0.389 e. The van der Waals surface area contributed by atoms with Gasteiger partial charge < -0.3 is 24.9 Å². The second kappa shape index (κ2) is 8.82. The van der Waals surface area contributed by atoms with Crippen LogP contribution in [-0.4, -0.2) is 57.0 Å². The highest BCUT2D eigenvalue weighted by atomic mass is 32.1. The Bertz CT molecular complexity index is 1060. The Balaban J connectivity index is 1.54. The maximum atomic E-state index is 12.8. The third kappa shape index (κ3) is 4.57. The summed E-state index contributed by atoms with van der Waals surface area (Å²) in [5.74, 6) is 0.194. The van der Waals surface area contributed by atoms with Gasteiger partial charge in [0, 0.05) is 12.2 Å². The number of rotatable bonds is 7. The Morgan fingerprint density at radius 1 is 1.45 bits per heavy atom. The largest absolute Gasteiger partial charge is 0.496 e. The molecule has 4 rings (SSSR count). The van der Waals surface area contributed by atoms with Crippen LogP contribution in [0.2, 0.25) is 0 Å². The monoisotopic (exact) mass is 443 g/mol. The number of nitrogens with zero attached hydrogens (tertiary/aromatic N) is 4. The van der Waals surface area contributed by atoms with Gasteiger partial charge in [0.25, 0.3) is 5.91 Å². The lowest BCUT2D eigenvalue weighted by Crippen LogP contribution is -2.37. The number of benzene rings is 1. The van der Waals surface area contributed by atoms with Gasteiger partial charge in [-0.3, -0.25) is 9.69 Å². The van der Waals surface area contributed by atoms with Crippen molar-refractivity contribution in [1.29, 1.82) is 0 Å². The molecular formula is C20H21N5O5S. The average Bonchev–Trinajstić information content (AvgIpc) is 3.47. The molecule has 1 atom stereocenters. The van der Waals surface area contributed by atoms with Gasteiger partial charge in [0.2, 0.25) is 0 Å². The van der Waals surface area contributed by atoms with Gasteiger partial charge >= 0.3 is 5.82 Å². The molecule has 2 fully saturated rings. The fraction of sp³-hybridized carbons (Fsp3) is 0.350. The van der Waals surface area contributed by atoms with Crippen LogP contribution in [0, 0.1) is 10.1 Å². The number of carbonyl (C=O) groups is 1. The zero-order chi connectivity index (χ0) is 22.0. The van der Waals surface area contributed by atoms with Crippen molar-refractivity contribution in [3.8, 4) is 5.75 Å². The minimum Gasteiger partial charge on any atom is -0.496 e. The molecule has 162 valence electrons. The molecule has 0 aliphatic carbocycles. The first-order valence-corrected chi connectivity index (χ1v) is 10.2. The number of ether oxygens (including phenoxy) is 2. The summed E-state index contributed by atoms with van der Waals surface area (Å²) in [5, 5.41) is 18.1. The molecule has 1 aromatic carbocycles. The fourth-order valence-corrected chi connectivity index (χ4v) is 3.89. The highest BCUT2D eigenvalue weighted by molar-refractivity contribution is 7.80. The lowest BCUT2D eigenvalue weighted by atomic mass is 10.1. The molecule has 2 aromatic rings. The summed E-state index contributed by atoms with van der Waals surface area (Å²) in [6.07, 6.45) is 5.17. The van der Waals surface area contributed by atoms with Crippen LogP contribution in [0.25, 0.3) is 6.08 Å². The minimum absolute atomic E-state index is 0.00812. The van der Waals surface area contributed by atoms with Crippen molar-refractivity contribution >= 4 is 35.1 Å². The van der Waals surface area contributed by atoms with Gasteiger partial charge in [-0.25, -0.2) is 0 Å². The van der Waals surface area contributed by atoms with Crippen molar-refractivity contribution < 1.29 is 19.2 Å². The van der Waals surface area contributed by atoms with Crippen LogP contribution in [0.3, 0.4) is 0 Å². The van der Waals surface area contributed by atoms with Gasteiger partial charge in [-0.15, -0.1) is 0 Å². The van der Waals surface area contributed by atoms with Gasteiger partial charge in [-0.2, -0.15) is 4.68 Å². The van der Waals surface area contributed by atoms with Crippen LogP contribution in [-0.2, 0) is 16.1 Å². The molecule has 10 nitrogen and oxygen atoms in total. The summed E-state index contributed by atoms with van der Waals surface area (Å²) in [4.78, 5) is 24.7. The second-order valence-corrected chi connectivity index (χ2v) is 7.63. The Hall–Kier alpha value is -3.31. The fourth-order valence-electron chi connectivity index (χ4n) is 3.62. The molecule has 31 heavy (non-hydrogen) atoms. The van der Waals surface area contributed by atoms with Crippen molar-refractivity contribution in [3.63, 3.8) is 0 Å². The van der Waals surface area contributed by atoms with E-state index in [1.165, 1.54) is 21.8 Å². The molecular weight excluding hydrogens is 422 g/mol. The molecule has 0 saturated carbocycles. The molecule has 1 amide bonds. The Labute approximate surface area is 183 Å². The topological polar surface area (TPSA) is 112 Å². The van der Waals surface area contributed by atoms with Gasteiger partial charge in [0.1, 0.15) is 11.4 Å². The van der Waals surface area contributed by atoms with Gasteiger partial charge in [-0.05, 0) is 53.8 Å². The average molecular weight is 443 g/mol. The number of carbonyl (C=O) groups excluding carboxylic acids is 1. The Kier molecular flexibility index (Phi) is 5.96. The summed E-state index contributed by atoms with van der Waals surface area (Å²) in [6, 6.07) is 6.78. The predicted molar refractivity (Wildman–Crippen MR) is 115 cm³/mol. The van der Waals surface area contributed by atoms with E-state index >= 15 is 0 Å². The molecule has 1 N–H and O–H groups in total. The number of nitrogens with one attached hydrogen (secondary N) is 1. The van der Waals surface area contributed by atoms with Crippen molar-refractivity contribution in [3.05, 3.63) is 57.4 Å². The minimum atomic E-state index is -0.544. The molecule has 2 aliphatic rings. The van der Waals surface area contributed by atoms with E-state index < -0.39 is 4.92 Å². The van der Waals surface area contributed by atoms with E-state index in [9.17, 15) is 14.9 Å². The van der Waals surface area contributed by atoms with Gasteiger partial charge in [0.05, 0.1) is 43.7 Å². The van der Waals surface area contributed by atoms with Crippen LogP contribution in [0.1, 0.15) is 24.0 Å². The lowest BCUT2D eigenvalue weighted by Gasteiger charge is -2.18. The molecule has 1 aromatic heterocycles. The molecule has 0 bridgehead atoms. The summed E-state index contributed by atoms with van der Waals surface area (Å²) < 4.78 is 12.5. The first-order valence-electron chi connectivity index (χ1n) is 9.75. The highest BCUT2D eigenvalue weighted by Crippen LogP contribution is 2.24. The van der Waals surface area contributed by atoms with E-state index in [1.807, 2.05) is 12.1 Å². The molecule has 0 radical (unpaired) electrons. The quantitative estimate of drug-likeness (QED) is 0.300. The molecule has 11 heteroatoms. The lowest BCUT2D eigenvalue weighted by molar-refractivity contribution is -0.389. The van der Waals surface area contributed by atoms with Crippen molar-refractivity contribution in [2.75, 3.05) is 20.3 Å². The standard InChI is InChI=1S/C20H21N5O5S/c1-29-17-5-4-13(9-14(17)11-23-7-6-18(22-23)25(27)28)10-16-19(26)24(20(31)21-16)12-15-3-2-8-30-15/h4-7,9-10,15H,2-3,8,11-12H2,1H3,(H,21,31)/b16-10-. The van der Waals surface area contributed by atoms with Crippen LogP contribution < -0.4 is 10.1 Å². The van der Waals surface area contributed by atoms with Crippen LogP contribution in [0.5, 0.6) is 5.75 Å². The number of hydrogen-bond acceptors (Lipinski definition) is 7. The number of amides is 1. The summed E-state index contributed by atoms with van der Waals surface area (Å²) >= 11 is 5.33. The maximum Gasteiger partial charge on any atom is 0.389 e. The summed E-state index contributed by atoms with van der Waals surface area (Å²) in [6.45, 7) is 1.43. The van der Waals surface area contributed by atoms with Gasteiger partial charge in [0.15, 0.2) is 5.11 Å². The number of methoxy groups -OCH3 is 1. The summed E-state index contributed by atoms with van der Waals surface area (Å²) in [5.41, 5.74) is 1.91. The predicted octanol–water partition coefficient (Wildman–Crippen LogP) is 2.08. The van der Waals surface area contributed by atoms with E-state index in [-0.39, 0.29) is 24.4 Å². The van der Waals surface area contributed by atoms with E-state index in [2.05, 4.69) is 10.4 Å². The zero-order valence-electron chi connectivity index (χ0n) is 16.8. The molecule has 2 aliphatic heterocycles. The maximum absolute atomic E-state index is 12.8. The Morgan fingerprint density at radius 2 is 2.29 bits per heavy atom. The molecule has 3 heterocycles. The molecule has 2 saturated heterocycles. The van der Waals surface area contributed by atoms with Gasteiger partial charge in [-0.1, -0.05) is 6.07 Å². The van der Waals surface area contributed by atoms with Crippen LogP contribution >= 0.6 is 12.2 Å². The first-order chi connectivity index (χ1) is 14.9. The number of thiocarbonyl (C=S) groups is 1. The van der Waals surface area contributed by atoms with Crippen LogP contribution in [0.4, 0.5) is 5.82 Å². The zero-order valence-corrected chi connectivity index (χ0v) is 17.6. The molecule has 0 spiro atoms. The molecule has 1 unspecified atom stereocenters. The third-order valence-corrected chi connectivity index (χ3v) is 5.46. The van der Waals surface area contributed by atoms with E-state index in [1.54, 1.807) is 19.3 Å². The van der Waals surface area contributed by atoms with Crippen molar-refractivity contribution in [2.24, 2.45) is 0 Å².